The zero-order valence-corrected chi connectivity index (χ0v) is 9.12. The van der Waals surface area contributed by atoms with Gasteiger partial charge in [0.15, 0.2) is 11.5 Å². The summed E-state index contributed by atoms with van der Waals surface area (Å²) in [7, 11) is 3.05. The highest BCUT2D eigenvalue weighted by Gasteiger charge is 2.10. The normalized spacial score (nSPS) is 11.4. The summed E-state index contributed by atoms with van der Waals surface area (Å²) in [6, 6.07) is 5.03. The van der Waals surface area contributed by atoms with E-state index in [9.17, 15) is 5.11 Å². The van der Waals surface area contributed by atoms with E-state index in [1.807, 2.05) is 0 Å². The van der Waals surface area contributed by atoms with Gasteiger partial charge < -0.3 is 14.6 Å². The van der Waals surface area contributed by atoms with E-state index in [2.05, 4.69) is 10.0 Å². The van der Waals surface area contributed by atoms with E-state index in [1.165, 1.54) is 14.2 Å². The molecule has 1 N–H and O–H groups in total. The summed E-state index contributed by atoms with van der Waals surface area (Å²) in [6.07, 6.45) is -0.837. The fraction of sp³-hybridized carbons (Fsp3) is 0.400. The average Bonchev–Trinajstić information content (AvgIpc) is 2.34. The van der Waals surface area contributed by atoms with E-state index in [-0.39, 0.29) is 6.54 Å². The van der Waals surface area contributed by atoms with Crippen molar-refractivity contribution in [2.24, 2.45) is 5.11 Å². The molecule has 0 fully saturated rings. The van der Waals surface area contributed by atoms with E-state index in [0.717, 1.165) is 0 Å². The van der Waals surface area contributed by atoms with Gasteiger partial charge in [-0.05, 0) is 23.2 Å². The molecule has 0 aromatic heterocycles. The highest BCUT2D eigenvalue weighted by molar-refractivity contribution is 5.43. The van der Waals surface area contributed by atoms with Crippen LogP contribution in [-0.2, 0) is 0 Å². The molecular weight excluding hydrogens is 210 g/mol. The Kier molecular flexibility index (Phi) is 4.44. The highest BCUT2D eigenvalue weighted by Crippen LogP contribution is 2.29. The molecule has 1 atom stereocenters. The van der Waals surface area contributed by atoms with Gasteiger partial charge in [0, 0.05) is 4.91 Å². The van der Waals surface area contributed by atoms with Gasteiger partial charge in [-0.3, -0.25) is 0 Å². The Hall–Kier alpha value is -1.91. The second kappa shape index (κ2) is 5.85. The summed E-state index contributed by atoms with van der Waals surface area (Å²) in [5.74, 6) is 1.11. The molecule has 0 aliphatic heterocycles. The third-order valence-corrected chi connectivity index (χ3v) is 2.11. The van der Waals surface area contributed by atoms with Gasteiger partial charge in [-0.15, -0.1) is 0 Å². The Morgan fingerprint density at radius 2 is 2.06 bits per heavy atom. The molecule has 0 aliphatic carbocycles. The number of azide groups is 1. The minimum absolute atomic E-state index is 0.00795. The van der Waals surface area contributed by atoms with E-state index in [4.69, 9.17) is 15.0 Å². The smallest absolute Gasteiger partial charge is 0.161 e. The van der Waals surface area contributed by atoms with Crippen molar-refractivity contribution in [3.63, 3.8) is 0 Å². The van der Waals surface area contributed by atoms with Crippen molar-refractivity contribution < 1.29 is 14.6 Å². The first-order valence-corrected chi connectivity index (χ1v) is 4.63. The summed E-state index contributed by atoms with van der Waals surface area (Å²) in [5, 5.41) is 13.0. The number of aliphatic hydroxyl groups is 1. The third kappa shape index (κ3) is 2.79. The molecule has 0 heterocycles. The molecule has 16 heavy (non-hydrogen) atoms. The Morgan fingerprint density at radius 3 is 2.62 bits per heavy atom. The first-order valence-electron chi connectivity index (χ1n) is 4.63. The fourth-order valence-electron chi connectivity index (χ4n) is 1.28. The molecule has 6 nitrogen and oxygen atoms in total. The van der Waals surface area contributed by atoms with Crippen LogP contribution >= 0.6 is 0 Å². The number of aliphatic hydroxyl groups excluding tert-OH is 1. The maximum Gasteiger partial charge on any atom is 0.161 e. The van der Waals surface area contributed by atoms with Gasteiger partial charge in [-0.1, -0.05) is 11.2 Å². The first-order chi connectivity index (χ1) is 7.72. The van der Waals surface area contributed by atoms with Gasteiger partial charge in [-0.2, -0.15) is 0 Å². The third-order valence-electron chi connectivity index (χ3n) is 2.11. The molecule has 0 bridgehead atoms. The number of ether oxygens (including phenoxy) is 2. The minimum Gasteiger partial charge on any atom is -0.493 e. The SMILES string of the molecule is COc1ccc([C@H](O)CN=[N+]=[N-])cc1OC. The summed E-state index contributed by atoms with van der Waals surface area (Å²) in [4.78, 5) is 2.59. The molecule has 6 heteroatoms. The molecule has 0 saturated heterocycles. The van der Waals surface area contributed by atoms with E-state index in [1.54, 1.807) is 18.2 Å². The van der Waals surface area contributed by atoms with Crippen molar-refractivity contribution in [1.82, 2.24) is 0 Å². The van der Waals surface area contributed by atoms with Crippen LogP contribution < -0.4 is 9.47 Å². The van der Waals surface area contributed by atoms with E-state index in [0.29, 0.717) is 17.1 Å². The number of nitrogens with zero attached hydrogens (tertiary/aromatic N) is 3. The Labute approximate surface area is 93.0 Å². The largest absolute Gasteiger partial charge is 0.493 e. The molecule has 0 amide bonds. The maximum absolute atomic E-state index is 9.67. The lowest BCUT2D eigenvalue weighted by Gasteiger charge is -2.12. The van der Waals surface area contributed by atoms with Crippen LogP contribution in [-0.4, -0.2) is 25.9 Å². The topological polar surface area (TPSA) is 87.5 Å². The van der Waals surface area contributed by atoms with Crippen LogP contribution in [0, 0.1) is 0 Å². The molecule has 0 aliphatic rings. The van der Waals surface area contributed by atoms with Crippen molar-refractivity contribution in [3.8, 4) is 11.5 Å². The van der Waals surface area contributed by atoms with Crippen molar-refractivity contribution in [1.29, 1.82) is 0 Å². The lowest BCUT2D eigenvalue weighted by atomic mass is 10.1. The van der Waals surface area contributed by atoms with Crippen LogP contribution in [0.15, 0.2) is 23.3 Å². The summed E-state index contributed by atoms with van der Waals surface area (Å²) < 4.78 is 10.2. The zero-order valence-electron chi connectivity index (χ0n) is 9.12. The second-order valence-corrected chi connectivity index (χ2v) is 3.04. The van der Waals surface area contributed by atoms with Crippen molar-refractivity contribution >= 4 is 0 Å². The van der Waals surface area contributed by atoms with Crippen LogP contribution in [0.2, 0.25) is 0 Å². The standard InChI is InChI=1S/C10H13N3O3/c1-15-9-4-3-7(5-10(9)16-2)8(14)6-12-13-11/h3-5,8,14H,6H2,1-2H3/t8-/m1/s1. The lowest BCUT2D eigenvalue weighted by Crippen LogP contribution is -2.01. The molecule has 1 aromatic carbocycles. The van der Waals surface area contributed by atoms with Crippen molar-refractivity contribution in [2.45, 2.75) is 6.10 Å². The van der Waals surface area contributed by atoms with E-state index >= 15 is 0 Å². The average molecular weight is 223 g/mol. The first kappa shape index (κ1) is 12.2. The van der Waals surface area contributed by atoms with Crippen LogP contribution in [0.5, 0.6) is 11.5 Å². The number of benzene rings is 1. The van der Waals surface area contributed by atoms with Crippen LogP contribution in [0.1, 0.15) is 11.7 Å². The predicted octanol–water partition coefficient (Wildman–Crippen LogP) is 2.05. The second-order valence-electron chi connectivity index (χ2n) is 3.04. The molecule has 0 radical (unpaired) electrons. The molecule has 1 aromatic rings. The molecule has 86 valence electrons. The quantitative estimate of drug-likeness (QED) is 0.470. The van der Waals surface area contributed by atoms with Crippen molar-refractivity contribution in [3.05, 3.63) is 34.2 Å². The molecule has 0 saturated carbocycles. The molecular formula is C10H13N3O3. The maximum atomic E-state index is 9.67. The van der Waals surface area contributed by atoms with Gasteiger partial charge in [0.1, 0.15) is 0 Å². The Bertz CT molecular complexity index is 402. The minimum atomic E-state index is -0.837. The molecule has 1 rings (SSSR count). The van der Waals surface area contributed by atoms with Crippen LogP contribution in [0.25, 0.3) is 10.4 Å². The zero-order chi connectivity index (χ0) is 12.0. The Morgan fingerprint density at radius 1 is 1.38 bits per heavy atom. The fourth-order valence-corrected chi connectivity index (χ4v) is 1.28. The summed E-state index contributed by atoms with van der Waals surface area (Å²) >= 11 is 0. The molecule has 0 spiro atoms. The van der Waals surface area contributed by atoms with Crippen LogP contribution in [0.3, 0.4) is 0 Å². The predicted molar refractivity (Wildman–Crippen MR) is 58.5 cm³/mol. The Balaban J connectivity index is 2.93. The lowest BCUT2D eigenvalue weighted by molar-refractivity contribution is 0.186. The highest BCUT2D eigenvalue weighted by atomic mass is 16.5. The summed E-state index contributed by atoms with van der Waals surface area (Å²) in [6.45, 7) is -0.00795. The monoisotopic (exact) mass is 223 g/mol. The van der Waals surface area contributed by atoms with Gasteiger partial charge in [0.05, 0.1) is 26.9 Å². The number of rotatable bonds is 5. The van der Waals surface area contributed by atoms with Gasteiger partial charge in [-0.25, -0.2) is 0 Å². The number of hydrogen-bond acceptors (Lipinski definition) is 4. The van der Waals surface area contributed by atoms with Gasteiger partial charge >= 0.3 is 0 Å². The number of hydrogen-bond donors (Lipinski definition) is 1. The summed E-state index contributed by atoms with van der Waals surface area (Å²) in [5.41, 5.74) is 8.76. The van der Waals surface area contributed by atoms with E-state index < -0.39 is 6.10 Å². The van der Waals surface area contributed by atoms with Gasteiger partial charge in [0.25, 0.3) is 0 Å². The number of methoxy groups -OCH3 is 2. The molecule has 0 unspecified atom stereocenters. The van der Waals surface area contributed by atoms with Gasteiger partial charge in [0.2, 0.25) is 0 Å². The van der Waals surface area contributed by atoms with Crippen LogP contribution in [0.4, 0.5) is 0 Å². The van der Waals surface area contributed by atoms with Crippen molar-refractivity contribution in [2.75, 3.05) is 20.8 Å².